The van der Waals surface area contributed by atoms with Gasteiger partial charge in [-0.2, -0.15) is 0 Å². The number of ether oxygens (including phenoxy) is 2. The lowest BCUT2D eigenvalue weighted by Crippen LogP contribution is -2.47. The van der Waals surface area contributed by atoms with Crippen LogP contribution in [0.2, 0.25) is 0 Å². The highest BCUT2D eigenvalue weighted by atomic mass is 16.9. The molecule has 1 saturated carbocycles. The summed E-state index contributed by atoms with van der Waals surface area (Å²) in [6, 6.07) is 20.3. The zero-order valence-electron chi connectivity index (χ0n) is 29.6. The van der Waals surface area contributed by atoms with Crippen LogP contribution in [0.3, 0.4) is 0 Å². The van der Waals surface area contributed by atoms with Crippen LogP contribution in [-0.2, 0) is 20.7 Å². The fourth-order valence-corrected chi connectivity index (χ4v) is 7.91. The van der Waals surface area contributed by atoms with Gasteiger partial charge in [0, 0.05) is 49.9 Å². The van der Waals surface area contributed by atoms with Gasteiger partial charge in [0.2, 0.25) is 5.91 Å². The fourth-order valence-electron chi connectivity index (χ4n) is 7.91. The molecule has 2 aliphatic heterocycles. The number of piperidine rings is 1. The van der Waals surface area contributed by atoms with Crippen molar-refractivity contribution in [3.63, 3.8) is 0 Å². The molecule has 49 heavy (non-hydrogen) atoms. The normalized spacial score (nSPS) is 20.5. The summed E-state index contributed by atoms with van der Waals surface area (Å²) in [5, 5.41) is 0. The third-order valence-electron chi connectivity index (χ3n) is 10.7. The van der Waals surface area contributed by atoms with Gasteiger partial charge in [-0.15, -0.1) is 0 Å². The van der Waals surface area contributed by atoms with Crippen LogP contribution in [0.15, 0.2) is 71.3 Å². The average Bonchev–Trinajstić information content (AvgIpc) is 3.66. The van der Waals surface area contributed by atoms with Crippen LogP contribution in [0, 0.1) is 12.8 Å². The lowest BCUT2D eigenvalue weighted by molar-refractivity contribution is -0.377. The Kier molecular flexibility index (Phi) is 12.6. The van der Waals surface area contributed by atoms with Crippen molar-refractivity contribution in [2.45, 2.75) is 116 Å². The number of benzene rings is 2. The molecule has 6 rings (SSSR count). The second-order valence-electron chi connectivity index (χ2n) is 14.3. The van der Waals surface area contributed by atoms with E-state index in [4.69, 9.17) is 13.9 Å². The Morgan fingerprint density at radius 3 is 2.33 bits per heavy atom. The van der Waals surface area contributed by atoms with Crippen molar-refractivity contribution in [2.75, 3.05) is 36.0 Å². The maximum atomic E-state index is 13.8. The summed E-state index contributed by atoms with van der Waals surface area (Å²) in [5.41, 5.74) is 4.39. The van der Waals surface area contributed by atoms with Crippen LogP contribution in [0.4, 0.5) is 11.4 Å². The molecule has 1 aromatic heterocycles. The molecule has 0 unspecified atom stereocenters. The van der Waals surface area contributed by atoms with E-state index < -0.39 is 0 Å². The Balaban J connectivity index is 1.04. The van der Waals surface area contributed by atoms with Crippen LogP contribution in [-0.4, -0.2) is 61.5 Å². The summed E-state index contributed by atoms with van der Waals surface area (Å²) in [5.74, 6) is 1.22. The largest absolute Gasteiger partial charge is 0.459 e. The minimum absolute atomic E-state index is 0.0796. The minimum Gasteiger partial charge on any atom is -0.459 e. The standard InChI is InChI=1S/C41H55N3O5/c1-31-18-21-35(22-19-31)44(41(46)38-16-10-30-47-38)36-24-28-42(29-25-36)26-8-14-34-13-6-7-15-37(34)43(27-9-17-40-48-32(2)49-40)39(45)23-20-33-11-4-3-5-12-33/h6-7,10,13,15-16,18-19,21-22,30,32-33,36,40H,3-5,8-9,11-12,14,17,20,23-29H2,1-2H3. The SMILES string of the molecule is Cc1ccc(N(C(=O)c2ccco2)C2CCN(CCCc3ccccc3N(CCCC3OC(C)O3)C(=O)CCC3CCCCC3)CC2)cc1. The van der Waals surface area contributed by atoms with E-state index in [2.05, 4.69) is 53.1 Å². The molecule has 3 heterocycles. The van der Waals surface area contributed by atoms with Gasteiger partial charge in [0.15, 0.2) is 18.3 Å². The van der Waals surface area contributed by atoms with Gasteiger partial charge in [0.05, 0.1) is 6.26 Å². The molecule has 3 aromatic rings. The summed E-state index contributed by atoms with van der Waals surface area (Å²) >= 11 is 0. The van der Waals surface area contributed by atoms with E-state index in [0.29, 0.717) is 24.6 Å². The number of hydrogen-bond donors (Lipinski definition) is 0. The summed E-state index contributed by atoms with van der Waals surface area (Å²) in [6.45, 7) is 7.53. The number of para-hydroxylation sites is 1. The number of nitrogens with zero attached hydrogens (tertiary/aromatic N) is 3. The van der Waals surface area contributed by atoms with Crippen molar-refractivity contribution >= 4 is 23.2 Å². The molecule has 1 aliphatic carbocycles. The number of carbonyl (C=O) groups is 2. The third-order valence-corrected chi connectivity index (χ3v) is 10.7. The molecule has 2 aromatic carbocycles. The van der Waals surface area contributed by atoms with Crippen LogP contribution in [0.25, 0.3) is 0 Å². The maximum Gasteiger partial charge on any atom is 0.294 e. The molecule has 8 nitrogen and oxygen atoms in total. The average molecular weight is 670 g/mol. The lowest BCUT2D eigenvalue weighted by Gasteiger charge is -2.38. The second kappa shape index (κ2) is 17.5. The van der Waals surface area contributed by atoms with Crippen molar-refractivity contribution in [2.24, 2.45) is 5.92 Å². The van der Waals surface area contributed by atoms with Crippen LogP contribution in [0.1, 0.15) is 106 Å². The predicted molar refractivity (Wildman–Crippen MR) is 194 cm³/mol. The molecule has 2 saturated heterocycles. The molecule has 3 fully saturated rings. The Morgan fingerprint density at radius 1 is 0.857 bits per heavy atom. The Bertz CT molecular complexity index is 1450. The first-order valence-electron chi connectivity index (χ1n) is 18.8. The van der Waals surface area contributed by atoms with Crippen molar-refractivity contribution in [3.8, 4) is 0 Å². The molecular formula is C41H55N3O5. The lowest BCUT2D eigenvalue weighted by atomic mass is 9.86. The van der Waals surface area contributed by atoms with E-state index in [1.807, 2.05) is 24.0 Å². The predicted octanol–water partition coefficient (Wildman–Crippen LogP) is 8.52. The Labute approximate surface area is 292 Å². The van der Waals surface area contributed by atoms with Gasteiger partial charge in [-0.3, -0.25) is 9.59 Å². The highest BCUT2D eigenvalue weighted by Gasteiger charge is 2.31. The van der Waals surface area contributed by atoms with Crippen molar-refractivity contribution < 1.29 is 23.5 Å². The summed E-state index contributed by atoms with van der Waals surface area (Å²) in [7, 11) is 0. The van der Waals surface area contributed by atoms with E-state index >= 15 is 0 Å². The van der Waals surface area contributed by atoms with Crippen molar-refractivity contribution in [3.05, 3.63) is 83.8 Å². The van der Waals surface area contributed by atoms with Crippen LogP contribution >= 0.6 is 0 Å². The summed E-state index contributed by atoms with van der Waals surface area (Å²) in [4.78, 5) is 33.9. The van der Waals surface area contributed by atoms with Gasteiger partial charge in [0.1, 0.15) is 0 Å². The Hall–Kier alpha value is -3.46. The maximum absolute atomic E-state index is 13.8. The van der Waals surface area contributed by atoms with Gasteiger partial charge in [-0.05, 0) is 101 Å². The number of amides is 2. The molecule has 0 radical (unpaired) electrons. The van der Waals surface area contributed by atoms with Gasteiger partial charge in [-0.1, -0.05) is 68.0 Å². The van der Waals surface area contributed by atoms with E-state index in [1.54, 1.807) is 18.4 Å². The number of anilines is 2. The quantitative estimate of drug-likeness (QED) is 0.162. The molecule has 2 amide bonds. The summed E-state index contributed by atoms with van der Waals surface area (Å²) < 4.78 is 16.9. The van der Waals surface area contributed by atoms with E-state index in [1.165, 1.54) is 43.2 Å². The van der Waals surface area contributed by atoms with E-state index in [-0.39, 0.29) is 30.4 Å². The fraction of sp³-hybridized carbons (Fsp3) is 0.561. The van der Waals surface area contributed by atoms with E-state index in [9.17, 15) is 9.59 Å². The number of rotatable bonds is 15. The topological polar surface area (TPSA) is 75.5 Å². The summed E-state index contributed by atoms with van der Waals surface area (Å²) in [6.07, 6.45) is 14.8. The molecule has 8 heteroatoms. The van der Waals surface area contributed by atoms with Gasteiger partial charge in [-0.25, -0.2) is 0 Å². The monoisotopic (exact) mass is 669 g/mol. The smallest absolute Gasteiger partial charge is 0.294 e. The van der Waals surface area contributed by atoms with Crippen LogP contribution < -0.4 is 9.80 Å². The number of hydrogen-bond acceptors (Lipinski definition) is 6. The minimum atomic E-state index is -0.152. The number of carbonyl (C=O) groups excluding carboxylic acids is 2. The highest BCUT2D eigenvalue weighted by Crippen LogP contribution is 2.31. The van der Waals surface area contributed by atoms with E-state index in [0.717, 1.165) is 76.0 Å². The van der Waals surface area contributed by atoms with Crippen molar-refractivity contribution in [1.82, 2.24) is 4.90 Å². The zero-order chi connectivity index (χ0) is 34.0. The Morgan fingerprint density at radius 2 is 1.61 bits per heavy atom. The van der Waals surface area contributed by atoms with Gasteiger partial charge in [0.25, 0.3) is 5.91 Å². The second-order valence-corrected chi connectivity index (χ2v) is 14.3. The molecule has 0 atom stereocenters. The van der Waals surface area contributed by atoms with Crippen molar-refractivity contribution in [1.29, 1.82) is 0 Å². The van der Waals surface area contributed by atoms with Gasteiger partial charge < -0.3 is 28.6 Å². The third kappa shape index (κ3) is 9.62. The first kappa shape index (κ1) is 35.4. The molecular weight excluding hydrogens is 614 g/mol. The van der Waals surface area contributed by atoms with Gasteiger partial charge >= 0.3 is 0 Å². The zero-order valence-corrected chi connectivity index (χ0v) is 29.6. The molecule has 0 N–H and O–H groups in total. The first-order chi connectivity index (χ1) is 23.9. The number of aryl methyl sites for hydroxylation is 2. The molecule has 0 spiro atoms. The van der Waals surface area contributed by atoms with Crippen LogP contribution in [0.5, 0.6) is 0 Å². The number of furan rings is 1. The number of likely N-dealkylation sites (tertiary alicyclic amines) is 1. The highest BCUT2D eigenvalue weighted by molar-refractivity contribution is 6.04. The first-order valence-corrected chi connectivity index (χ1v) is 18.8. The molecule has 0 bridgehead atoms. The molecule has 3 aliphatic rings. The molecule has 264 valence electrons.